The van der Waals surface area contributed by atoms with Crippen LogP contribution in [0.15, 0.2) is 48.5 Å². The molecule has 7 rings (SSSR count). The summed E-state index contributed by atoms with van der Waals surface area (Å²) in [5, 5.41) is 16.5. The number of aromatic nitrogens is 2. The first-order valence-corrected chi connectivity index (χ1v) is 16.8. The molecule has 1 amide bonds. The van der Waals surface area contributed by atoms with Crippen LogP contribution >= 0.6 is 23.2 Å². The second kappa shape index (κ2) is 12.7. The number of likely N-dealkylation sites (N-methyl/N-ethyl adjacent to an activating group) is 1. The number of aliphatic carboxylic acids is 1. The van der Waals surface area contributed by atoms with Gasteiger partial charge >= 0.3 is 5.97 Å². The minimum Gasteiger partial charge on any atom is -0.496 e. The van der Waals surface area contributed by atoms with Crippen LogP contribution in [0.1, 0.15) is 64.1 Å². The number of hydrogen-bond donors (Lipinski definition) is 3. The van der Waals surface area contributed by atoms with Crippen molar-refractivity contribution in [1.82, 2.24) is 19.8 Å². The first-order chi connectivity index (χ1) is 23.1. The lowest BCUT2D eigenvalue weighted by molar-refractivity contribution is -0.140. The highest BCUT2D eigenvalue weighted by Gasteiger charge is 2.50. The van der Waals surface area contributed by atoms with E-state index in [1.165, 1.54) is 5.56 Å². The summed E-state index contributed by atoms with van der Waals surface area (Å²) in [7, 11) is 5.50. The van der Waals surface area contributed by atoms with E-state index in [9.17, 15) is 14.7 Å². The van der Waals surface area contributed by atoms with E-state index in [2.05, 4.69) is 32.7 Å². The Kier molecular flexibility index (Phi) is 8.62. The van der Waals surface area contributed by atoms with Gasteiger partial charge in [-0.15, -0.1) is 0 Å². The van der Waals surface area contributed by atoms with Crippen molar-refractivity contribution in [3.8, 4) is 22.6 Å². The average molecular weight is 691 g/mol. The number of fused-ring (bicyclic) bond motifs is 2. The number of aryl methyl sites for hydroxylation is 1. The lowest BCUT2D eigenvalue weighted by Crippen LogP contribution is -2.38. The summed E-state index contributed by atoms with van der Waals surface area (Å²) in [6, 6.07) is 15.4. The second-order valence-corrected chi connectivity index (χ2v) is 13.7. The van der Waals surface area contributed by atoms with E-state index < -0.39 is 11.5 Å². The molecule has 0 spiro atoms. The van der Waals surface area contributed by atoms with E-state index in [-0.39, 0.29) is 12.0 Å². The summed E-state index contributed by atoms with van der Waals surface area (Å²) in [5.41, 5.74) is 6.32. The Hall–Kier alpha value is -4.09. The summed E-state index contributed by atoms with van der Waals surface area (Å²) in [6.45, 7) is 1.95. The highest BCUT2D eigenvalue weighted by Crippen LogP contribution is 2.43. The van der Waals surface area contributed by atoms with Crippen molar-refractivity contribution >= 4 is 40.8 Å². The summed E-state index contributed by atoms with van der Waals surface area (Å²) >= 11 is 13.7. The van der Waals surface area contributed by atoms with Crippen molar-refractivity contribution in [1.29, 1.82) is 0 Å². The highest BCUT2D eigenvalue weighted by molar-refractivity contribution is 6.36. The molecule has 12 heteroatoms. The van der Waals surface area contributed by atoms with E-state index in [0.717, 1.165) is 59.4 Å². The van der Waals surface area contributed by atoms with Crippen LogP contribution in [-0.4, -0.2) is 57.7 Å². The van der Waals surface area contributed by atoms with Crippen LogP contribution in [0, 0.1) is 0 Å². The van der Waals surface area contributed by atoms with E-state index in [1.807, 2.05) is 36.9 Å². The zero-order valence-electron chi connectivity index (χ0n) is 27.0. The standard InChI is InChI=1S/C36H37Cl2N5O5/c1-42-14-11-28-27(19-42)40-33(43(28)2)34(44)41-26-6-4-5-23(32(26)38)21-8-7-20-9-10-29(24(20)15-21)48-31-17-30(47-3)22(16-25(31)37)18-39-36(12-13-36)35(45)46/h4-8,15-17,29,39H,9-14,18-19H2,1-3H3,(H,41,44)(H,45,46). The maximum Gasteiger partial charge on any atom is 0.323 e. The topological polar surface area (TPSA) is 118 Å². The summed E-state index contributed by atoms with van der Waals surface area (Å²) in [6.07, 6.45) is 3.41. The monoisotopic (exact) mass is 689 g/mol. The zero-order valence-corrected chi connectivity index (χ0v) is 28.5. The Balaban J connectivity index is 1.10. The smallest absolute Gasteiger partial charge is 0.323 e. The van der Waals surface area contributed by atoms with Crippen molar-refractivity contribution in [2.24, 2.45) is 7.05 Å². The number of rotatable bonds is 10. The molecule has 48 heavy (non-hydrogen) atoms. The number of imidazole rings is 1. The van der Waals surface area contributed by atoms with Crippen molar-refractivity contribution in [3.63, 3.8) is 0 Å². The number of ether oxygens (including phenoxy) is 2. The number of halogens is 2. The van der Waals surface area contributed by atoms with E-state index >= 15 is 0 Å². The van der Waals surface area contributed by atoms with Gasteiger partial charge in [0.05, 0.1) is 28.5 Å². The number of methoxy groups -OCH3 is 1. The Bertz CT molecular complexity index is 1940. The molecule has 250 valence electrons. The third-order valence-corrected chi connectivity index (χ3v) is 10.5. The number of hydrogen-bond acceptors (Lipinski definition) is 7. The van der Waals surface area contributed by atoms with Gasteiger partial charge in [0.25, 0.3) is 5.91 Å². The largest absolute Gasteiger partial charge is 0.496 e. The van der Waals surface area contributed by atoms with Gasteiger partial charge in [-0.1, -0.05) is 47.5 Å². The van der Waals surface area contributed by atoms with Gasteiger partial charge in [0.15, 0.2) is 5.82 Å². The quantitative estimate of drug-likeness (QED) is 0.175. The SMILES string of the molecule is COc1cc(OC2CCc3ccc(-c4cccc(NC(=O)c5nc6c(n5C)CCN(C)C6)c4Cl)cc32)c(Cl)cc1CNC1(C(=O)O)CC1. The lowest BCUT2D eigenvalue weighted by Gasteiger charge is -2.21. The zero-order chi connectivity index (χ0) is 33.7. The second-order valence-electron chi connectivity index (χ2n) is 12.9. The van der Waals surface area contributed by atoms with E-state index in [1.54, 1.807) is 25.3 Å². The van der Waals surface area contributed by atoms with E-state index in [4.69, 9.17) is 32.7 Å². The maximum absolute atomic E-state index is 13.4. The Morgan fingerprint density at radius 3 is 2.65 bits per heavy atom. The molecule has 10 nitrogen and oxygen atoms in total. The fourth-order valence-corrected chi connectivity index (χ4v) is 7.26. The molecule has 2 aliphatic carbocycles. The predicted octanol–water partition coefficient (Wildman–Crippen LogP) is 6.42. The molecule has 0 bridgehead atoms. The van der Waals surface area contributed by atoms with Crippen molar-refractivity contribution < 1.29 is 24.2 Å². The van der Waals surface area contributed by atoms with Gasteiger partial charge < -0.3 is 29.4 Å². The molecule has 0 saturated heterocycles. The molecule has 1 aliphatic heterocycles. The van der Waals surface area contributed by atoms with Crippen LogP contribution in [0.5, 0.6) is 11.5 Å². The number of carbonyl (C=O) groups is 2. The van der Waals surface area contributed by atoms with Gasteiger partial charge in [0.2, 0.25) is 0 Å². The fourth-order valence-electron chi connectivity index (χ4n) is 6.75. The molecule has 1 fully saturated rings. The molecule has 0 radical (unpaired) electrons. The summed E-state index contributed by atoms with van der Waals surface area (Å²) in [4.78, 5) is 31.8. The van der Waals surface area contributed by atoms with E-state index in [0.29, 0.717) is 59.0 Å². The third-order valence-electron chi connectivity index (χ3n) is 9.76. The van der Waals surface area contributed by atoms with Crippen molar-refractivity contribution in [2.45, 2.75) is 56.8 Å². The molecule has 3 aromatic carbocycles. The Labute approximate surface area is 289 Å². The van der Waals surface area contributed by atoms with Crippen molar-refractivity contribution in [2.75, 3.05) is 26.0 Å². The fraction of sp³-hybridized carbons (Fsp3) is 0.361. The number of nitrogens with one attached hydrogen (secondary N) is 2. The van der Waals surface area contributed by atoms with Crippen LogP contribution in [-0.2, 0) is 37.8 Å². The number of carbonyl (C=O) groups excluding carboxylic acids is 1. The molecule has 2 heterocycles. The number of carboxylic acids is 1. The number of amides is 1. The molecule has 3 aliphatic rings. The first kappa shape index (κ1) is 32.5. The van der Waals surface area contributed by atoms with Gasteiger partial charge in [0.1, 0.15) is 23.1 Å². The number of benzene rings is 3. The van der Waals surface area contributed by atoms with Crippen molar-refractivity contribution in [3.05, 3.63) is 92.5 Å². The Morgan fingerprint density at radius 2 is 1.90 bits per heavy atom. The molecular weight excluding hydrogens is 653 g/mol. The maximum atomic E-state index is 13.4. The van der Waals surface area contributed by atoms with Gasteiger partial charge in [-0.3, -0.25) is 14.9 Å². The highest BCUT2D eigenvalue weighted by atomic mass is 35.5. The molecule has 1 saturated carbocycles. The molecule has 3 N–H and O–H groups in total. The normalized spacial score (nSPS) is 17.8. The number of anilines is 1. The van der Waals surface area contributed by atoms with Gasteiger partial charge in [-0.25, -0.2) is 4.98 Å². The van der Waals surface area contributed by atoms with Gasteiger partial charge in [-0.05, 0) is 67.6 Å². The molecule has 1 unspecified atom stereocenters. The molecule has 4 aromatic rings. The molecular formula is C36H37Cl2N5O5. The summed E-state index contributed by atoms with van der Waals surface area (Å²) in [5.74, 6) is 0.268. The Morgan fingerprint density at radius 1 is 1.08 bits per heavy atom. The van der Waals surface area contributed by atoms with Crippen LogP contribution in [0.4, 0.5) is 5.69 Å². The first-order valence-electron chi connectivity index (χ1n) is 16.0. The average Bonchev–Trinajstić information content (AvgIpc) is 3.67. The minimum atomic E-state index is -0.873. The van der Waals surface area contributed by atoms with Gasteiger partial charge in [-0.2, -0.15) is 0 Å². The molecule has 1 aromatic heterocycles. The number of nitrogens with zero attached hydrogens (tertiary/aromatic N) is 3. The van der Waals surface area contributed by atoms with Crippen LogP contribution in [0.3, 0.4) is 0 Å². The van der Waals surface area contributed by atoms with Crippen LogP contribution < -0.4 is 20.1 Å². The predicted molar refractivity (Wildman–Crippen MR) is 184 cm³/mol. The third kappa shape index (κ3) is 6.02. The van der Waals surface area contributed by atoms with Gasteiger partial charge in [0, 0.05) is 56.0 Å². The van der Waals surface area contributed by atoms with Crippen LogP contribution in [0.2, 0.25) is 10.0 Å². The lowest BCUT2D eigenvalue weighted by atomic mass is 9.99. The minimum absolute atomic E-state index is 0.247. The van der Waals surface area contributed by atoms with Crippen LogP contribution in [0.25, 0.3) is 11.1 Å². The number of carboxylic acid groups (broad SMARTS) is 1. The molecule has 1 atom stereocenters. The summed E-state index contributed by atoms with van der Waals surface area (Å²) < 4.78 is 14.0.